The Morgan fingerprint density at radius 3 is 2.57 bits per heavy atom. The summed E-state index contributed by atoms with van der Waals surface area (Å²) in [5.41, 5.74) is 0.496. The van der Waals surface area contributed by atoms with Gasteiger partial charge in [-0.05, 0) is 25.0 Å². The van der Waals surface area contributed by atoms with Crippen LogP contribution >= 0.6 is 0 Å². The largest absolute Gasteiger partial charge is 0.460 e. The average molecular weight is 423 g/mol. The van der Waals surface area contributed by atoms with Crippen molar-refractivity contribution in [2.45, 2.75) is 57.4 Å². The average Bonchev–Trinajstić information content (AvgIpc) is 2.69. The lowest BCUT2D eigenvalue weighted by atomic mass is 9.99. The van der Waals surface area contributed by atoms with Gasteiger partial charge >= 0.3 is 5.63 Å². The zero-order valence-electron chi connectivity index (χ0n) is 16.6. The normalized spacial score (nSPS) is 26.5. The van der Waals surface area contributed by atoms with E-state index >= 15 is 0 Å². The SMILES string of the molecule is CCCC(=O)Nc1cc2c(C)cc(=O)oc2cc1O[C@@H]1O[C@H](CO)[C@H](O)[C@H](O)[C@H]1O. The number of benzene rings is 1. The van der Waals surface area contributed by atoms with Gasteiger partial charge in [0, 0.05) is 23.9 Å². The van der Waals surface area contributed by atoms with Crippen molar-refractivity contribution in [1.29, 1.82) is 0 Å². The first-order chi connectivity index (χ1) is 14.2. The topological polar surface area (TPSA) is 159 Å². The molecule has 3 rings (SSSR count). The van der Waals surface area contributed by atoms with Crippen LogP contribution in [0.25, 0.3) is 11.0 Å². The van der Waals surface area contributed by atoms with Crippen LogP contribution in [-0.4, -0.2) is 63.6 Å². The van der Waals surface area contributed by atoms with Gasteiger partial charge in [-0.1, -0.05) is 6.92 Å². The highest BCUT2D eigenvalue weighted by atomic mass is 16.7. The third kappa shape index (κ3) is 4.47. The molecule has 0 saturated carbocycles. The first-order valence-corrected chi connectivity index (χ1v) is 9.60. The van der Waals surface area contributed by atoms with E-state index in [-0.39, 0.29) is 29.3 Å². The predicted octanol–water partition coefficient (Wildman–Crippen LogP) is 0.0187. The van der Waals surface area contributed by atoms with Gasteiger partial charge in [-0.3, -0.25) is 4.79 Å². The van der Waals surface area contributed by atoms with Crippen molar-refractivity contribution in [2.75, 3.05) is 11.9 Å². The Hall–Kier alpha value is -2.50. The highest BCUT2D eigenvalue weighted by Gasteiger charge is 2.45. The summed E-state index contributed by atoms with van der Waals surface area (Å²) in [6, 6.07) is 4.26. The van der Waals surface area contributed by atoms with Gasteiger partial charge in [-0.25, -0.2) is 4.79 Å². The summed E-state index contributed by atoms with van der Waals surface area (Å²) >= 11 is 0. The molecule has 0 bridgehead atoms. The molecule has 1 aliphatic heterocycles. The fourth-order valence-electron chi connectivity index (χ4n) is 3.27. The van der Waals surface area contributed by atoms with E-state index in [0.29, 0.717) is 17.4 Å². The number of hydrogen-bond donors (Lipinski definition) is 5. The molecule has 164 valence electrons. The molecular formula is C20H25NO9. The van der Waals surface area contributed by atoms with E-state index in [1.165, 1.54) is 12.1 Å². The minimum absolute atomic E-state index is 0.0185. The van der Waals surface area contributed by atoms with E-state index in [2.05, 4.69) is 5.32 Å². The lowest BCUT2D eigenvalue weighted by Crippen LogP contribution is -2.60. The molecule has 1 fully saturated rings. The molecule has 10 heteroatoms. The fraction of sp³-hybridized carbons (Fsp3) is 0.500. The number of nitrogens with one attached hydrogen (secondary N) is 1. The van der Waals surface area contributed by atoms with Crippen molar-refractivity contribution >= 4 is 22.6 Å². The summed E-state index contributed by atoms with van der Waals surface area (Å²) in [6.45, 7) is 2.95. The van der Waals surface area contributed by atoms with Crippen molar-refractivity contribution in [3.63, 3.8) is 0 Å². The van der Waals surface area contributed by atoms with Crippen molar-refractivity contribution in [3.8, 4) is 5.75 Å². The van der Waals surface area contributed by atoms with Crippen LogP contribution in [0.3, 0.4) is 0 Å². The van der Waals surface area contributed by atoms with E-state index in [1.54, 1.807) is 13.0 Å². The van der Waals surface area contributed by atoms with Crippen molar-refractivity contribution in [1.82, 2.24) is 0 Å². The van der Waals surface area contributed by atoms with Gasteiger partial charge in [0.05, 0.1) is 12.3 Å². The molecule has 5 atom stereocenters. The summed E-state index contributed by atoms with van der Waals surface area (Å²) < 4.78 is 16.3. The summed E-state index contributed by atoms with van der Waals surface area (Å²) in [6.07, 6.45) is -6.53. The number of fused-ring (bicyclic) bond motifs is 1. The first kappa shape index (κ1) is 22.2. The van der Waals surface area contributed by atoms with Crippen LogP contribution in [0.5, 0.6) is 5.75 Å². The maximum absolute atomic E-state index is 12.2. The molecule has 0 radical (unpaired) electrons. The zero-order chi connectivity index (χ0) is 22.0. The first-order valence-electron chi connectivity index (χ1n) is 9.60. The number of ether oxygens (including phenoxy) is 2. The van der Waals surface area contributed by atoms with E-state index < -0.39 is 42.9 Å². The molecule has 2 aromatic rings. The summed E-state index contributed by atoms with van der Waals surface area (Å²) in [4.78, 5) is 23.9. The van der Waals surface area contributed by atoms with E-state index in [9.17, 15) is 30.0 Å². The lowest BCUT2D eigenvalue weighted by molar-refractivity contribution is -0.277. The molecular weight excluding hydrogens is 398 g/mol. The Morgan fingerprint density at radius 1 is 1.17 bits per heavy atom. The van der Waals surface area contributed by atoms with Gasteiger partial charge in [0.1, 0.15) is 35.7 Å². The minimum Gasteiger partial charge on any atom is -0.460 e. The van der Waals surface area contributed by atoms with Gasteiger partial charge in [-0.15, -0.1) is 0 Å². The molecule has 0 unspecified atom stereocenters. The number of hydrogen-bond acceptors (Lipinski definition) is 9. The van der Waals surface area contributed by atoms with Crippen molar-refractivity contribution < 1.29 is 39.1 Å². The van der Waals surface area contributed by atoms with Crippen molar-refractivity contribution in [3.05, 3.63) is 34.2 Å². The second kappa shape index (κ2) is 9.11. The number of amides is 1. The van der Waals surface area contributed by atoms with Crippen LogP contribution in [0.4, 0.5) is 5.69 Å². The molecule has 1 amide bonds. The number of aliphatic hydroxyl groups excluding tert-OH is 4. The van der Waals surface area contributed by atoms with E-state index in [4.69, 9.17) is 13.9 Å². The van der Waals surface area contributed by atoms with Gasteiger partial charge in [-0.2, -0.15) is 0 Å². The van der Waals surface area contributed by atoms with Gasteiger partial charge < -0.3 is 39.6 Å². The molecule has 5 N–H and O–H groups in total. The Balaban J connectivity index is 2.01. The summed E-state index contributed by atoms with van der Waals surface area (Å²) in [7, 11) is 0. The maximum Gasteiger partial charge on any atom is 0.336 e. The zero-order valence-corrected chi connectivity index (χ0v) is 16.6. The molecule has 1 aromatic carbocycles. The Labute approximate surface area is 171 Å². The third-order valence-corrected chi connectivity index (χ3v) is 4.89. The number of aliphatic hydroxyl groups is 4. The molecule has 0 spiro atoms. The highest BCUT2D eigenvalue weighted by Crippen LogP contribution is 2.34. The molecule has 0 aliphatic carbocycles. The lowest BCUT2D eigenvalue weighted by Gasteiger charge is -2.39. The highest BCUT2D eigenvalue weighted by molar-refractivity contribution is 5.96. The predicted molar refractivity (Wildman–Crippen MR) is 105 cm³/mol. The van der Waals surface area contributed by atoms with E-state index in [1.807, 2.05) is 6.92 Å². The monoisotopic (exact) mass is 423 g/mol. The van der Waals surface area contributed by atoms with Crippen LogP contribution in [0.2, 0.25) is 0 Å². The van der Waals surface area contributed by atoms with E-state index in [0.717, 1.165) is 0 Å². The van der Waals surface area contributed by atoms with Crippen LogP contribution in [0, 0.1) is 6.92 Å². The number of carbonyl (C=O) groups is 1. The molecule has 1 aliphatic rings. The molecule has 30 heavy (non-hydrogen) atoms. The molecule has 2 heterocycles. The number of carbonyl (C=O) groups excluding carboxylic acids is 1. The third-order valence-electron chi connectivity index (χ3n) is 4.89. The van der Waals surface area contributed by atoms with Crippen LogP contribution in [0.1, 0.15) is 25.3 Å². The Bertz CT molecular complexity index is 971. The maximum atomic E-state index is 12.2. The fourth-order valence-corrected chi connectivity index (χ4v) is 3.27. The standard InChI is InChI=1S/C20H25NO9/c1-3-4-15(23)21-11-6-10-9(2)5-16(24)28-12(10)7-13(11)29-20-19(27)18(26)17(25)14(8-22)30-20/h5-7,14,17-20,22,25-27H,3-4,8H2,1-2H3,(H,21,23)/t14-,17+,18+,19-,20-/m1/s1. The van der Waals surface area contributed by atoms with Gasteiger partial charge in [0.15, 0.2) is 0 Å². The van der Waals surface area contributed by atoms with Crippen molar-refractivity contribution in [2.24, 2.45) is 0 Å². The number of rotatable bonds is 6. The van der Waals surface area contributed by atoms with Crippen LogP contribution < -0.4 is 15.7 Å². The Kier molecular flexibility index (Phi) is 6.74. The second-order valence-corrected chi connectivity index (χ2v) is 7.21. The quantitative estimate of drug-likeness (QED) is 0.404. The van der Waals surface area contributed by atoms with Gasteiger partial charge in [0.25, 0.3) is 0 Å². The molecule has 1 aromatic heterocycles. The second-order valence-electron chi connectivity index (χ2n) is 7.21. The summed E-state index contributed by atoms with van der Waals surface area (Å²) in [5, 5.41) is 42.8. The summed E-state index contributed by atoms with van der Waals surface area (Å²) in [5.74, 6) is -0.254. The van der Waals surface area contributed by atoms with Gasteiger partial charge in [0.2, 0.25) is 12.2 Å². The molecule has 1 saturated heterocycles. The van der Waals surface area contributed by atoms with Crippen LogP contribution in [0.15, 0.2) is 27.4 Å². The Morgan fingerprint density at radius 2 is 1.90 bits per heavy atom. The number of anilines is 1. The number of aryl methyl sites for hydroxylation is 1. The minimum atomic E-state index is -1.64. The smallest absolute Gasteiger partial charge is 0.336 e. The molecule has 10 nitrogen and oxygen atoms in total. The van der Waals surface area contributed by atoms with Crippen LogP contribution in [-0.2, 0) is 9.53 Å².